The summed E-state index contributed by atoms with van der Waals surface area (Å²) in [7, 11) is 0. The number of nitrogens with two attached hydrogens (primary N) is 1. The van der Waals surface area contributed by atoms with E-state index in [1.54, 1.807) is 35.2 Å². The molecule has 2 aromatic carbocycles. The van der Waals surface area contributed by atoms with Crippen LogP contribution in [0.5, 0.6) is 5.75 Å². The Morgan fingerprint density at radius 2 is 1.77 bits per heavy atom. The van der Waals surface area contributed by atoms with Gasteiger partial charge in [-0.25, -0.2) is 0 Å². The van der Waals surface area contributed by atoms with Gasteiger partial charge in [0.2, 0.25) is 5.91 Å². The number of aliphatic hydroxyl groups is 1. The van der Waals surface area contributed by atoms with Crippen molar-refractivity contribution in [3.05, 3.63) is 48.5 Å². The molecule has 5 rings (SSSR count). The molecule has 3 fully saturated rings. The Kier molecular flexibility index (Phi) is 7.39. The zero-order valence-electron chi connectivity index (χ0n) is 21.5. The third kappa shape index (κ3) is 5.77. The lowest BCUT2D eigenvalue weighted by Crippen LogP contribution is -2.59. The molecule has 5 nitrogen and oxygen atoms in total. The van der Waals surface area contributed by atoms with Crippen LogP contribution in [0.3, 0.4) is 0 Å². The van der Waals surface area contributed by atoms with Crippen LogP contribution in [0.25, 0.3) is 11.1 Å². The molecule has 3 unspecified atom stereocenters. The number of carbonyl (C=O) groups is 1. The van der Waals surface area contributed by atoms with Crippen molar-refractivity contribution in [1.29, 1.82) is 0 Å². The summed E-state index contributed by atoms with van der Waals surface area (Å²) in [5, 5.41) is 9.99. The quantitative estimate of drug-likeness (QED) is 0.396. The number of amides is 1. The minimum atomic E-state index is -4.79. The second-order valence-electron chi connectivity index (χ2n) is 11.6. The molecule has 2 aromatic rings. The van der Waals surface area contributed by atoms with Crippen LogP contribution in [0.4, 0.5) is 27.6 Å². The van der Waals surface area contributed by atoms with Gasteiger partial charge in [-0.2, -0.15) is 22.0 Å². The van der Waals surface area contributed by atoms with E-state index in [4.69, 9.17) is 5.73 Å². The molecule has 0 saturated heterocycles. The van der Waals surface area contributed by atoms with E-state index in [0.29, 0.717) is 23.7 Å². The molecule has 2 bridgehead atoms. The van der Waals surface area contributed by atoms with Gasteiger partial charge in [0.25, 0.3) is 0 Å². The predicted octanol–water partition coefficient (Wildman–Crippen LogP) is 6.29. The van der Waals surface area contributed by atoms with E-state index < -0.39 is 43.1 Å². The van der Waals surface area contributed by atoms with E-state index in [1.165, 1.54) is 12.1 Å². The predicted molar refractivity (Wildman–Crippen MR) is 136 cm³/mol. The first kappa shape index (κ1) is 27.8. The summed E-state index contributed by atoms with van der Waals surface area (Å²) in [6, 6.07) is 13.2. The van der Waals surface area contributed by atoms with Gasteiger partial charge in [0.1, 0.15) is 5.75 Å². The first-order chi connectivity index (χ1) is 18.4. The van der Waals surface area contributed by atoms with Crippen LogP contribution in [0.2, 0.25) is 0 Å². The van der Waals surface area contributed by atoms with Crippen molar-refractivity contribution in [3.63, 3.8) is 0 Å². The molecule has 3 saturated carbocycles. The monoisotopic (exact) mass is 552 g/mol. The highest BCUT2D eigenvalue weighted by Crippen LogP contribution is 2.50. The number of ether oxygens (including phenoxy) is 1. The van der Waals surface area contributed by atoms with E-state index in [0.717, 1.165) is 44.1 Å². The van der Waals surface area contributed by atoms with Crippen molar-refractivity contribution in [2.45, 2.75) is 75.3 Å². The molecule has 39 heavy (non-hydrogen) atoms. The number of rotatable bonds is 7. The zero-order valence-corrected chi connectivity index (χ0v) is 21.5. The third-order valence-corrected chi connectivity index (χ3v) is 8.90. The largest absolute Gasteiger partial charge is 0.435 e. The maximum absolute atomic E-state index is 13.7. The second kappa shape index (κ2) is 10.4. The minimum Gasteiger partial charge on any atom is -0.435 e. The Bertz CT molecular complexity index is 1180. The van der Waals surface area contributed by atoms with E-state index in [-0.39, 0.29) is 17.2 Å². The fourth-order valence-corrected chi connectivity index (χ4v) is 6.64. The molecule has 3 aliphatic carbocycles. The van der Waals surface area contributed by atoms with Crippen LogP contribution in [-0.2, 0) is 4.79 Å². The van der Waals surface area contributed by atoms with Crippen molar-refractivity contribution in [3.8, 4) is 16.9 Å². The highest BCUT2D eigenvalue weighted by Gasteiger charge is 2.63. The SMILES string of the molecule is NC12CCCC(C1)C(CN(c1cccc(-c3ccc(OC(F)F)cc3)c1)C(=O)[C@H]1C[C@](O)(C(F)(F)F)C1)CC2. The molecule has 212 valence electrons. The van der Waals surface area contributed by atoms with E-state index in [2.05, 4.69) is 4.74 Å². The van der Waals surface area contributed by atoms with Crippen LogP contribution in [0, 0.1) is 17.8 Å². The number of hydrogen-bond acceptors (Lipinski definition) is 4. The van der Waals surface area contributed by atoms with Gasteiger partial charge in [-0.05, 0) is 92.2 Å². The van der Waals surface area contributed by atoms with Crippen molar-refractivity contribution in [1.82, 2.24) is 0 Å². The summed E-state index contributed by atoms with van der Waals surface area (Å²) in [6.07, 6.45) is -0.513. The lowest BCUT2D eigenvalue weighted by Gasteiger charge is -2.49. The number of halogens is 5. The molecular weight excluding hydrogens is 519 g/mol. The highest BCUT2D eigenvalue weighted by molar-refractivity contribution is 5.96. The molecule has 0 aliphatic heterocycles. The summed E-state index contributed by atoms with van der Waals surface area (Å²) in [5.74, 6) is -0.838. The summed E-state index contributed by atoms with van der Waals surface area (Å²) >= 11 is 0. The standard InChI is InChI=1S/C29H33F5N2O3/c30-26(31)39-24-8-6-18(7-9-24)19-3-1-5-23(13-19)36(25(37)22-15-28(38,16-22)29(32,33)34)17-21-10-12-27(35)11-2-4-20(21)14-27/h1,3,5-9,13,20-22,26,38H,2,4,10-12,14-17,35H2/t20?,21?,22-,27?,28+. The molecule has 0 heterocycles. The molecule has 3 aliphatic rings. The lowest BCUT2D eigenvalue weighted by atomic mass is 9.63. The first-order valence-corrected chi connectivity index (χ1v) is 13.4. The lowest BCUT2D eigenvalue weighted by molar-refractivity contribution is -0.295. The van der Waals surface area contributed by atoms with Gasteiger partial charge in [0.15, 0.2) is 5.60 Å². The fraction of sp³-hybridized carbons (Fsp3) is 0.552. The number of anilines is 1. The number of fused-ring (bicyclic) bond motifs is 2. The van der Waals surface area contributed by atoms with E-state index in [9.17, 15) is 31.9 Å². The third-order valence-electron chi connectivity index (χ3n) is 8.90. The minimum absolute atomic E-state index is 0.0182. The molecule has 10 heteroatoms. The molecule has 1 amide bonds. The number of benzene rings is 2. The normalized spacial score (nSPS) is 30.5. The van der Waals surface area contributed by atoms with Crippen LogP contribution in [-0.4, -0.2) is 41.5 Å². The number of nitrogens with zero attached hydrogens (tertiary/aromatic N) is 1. The topological polar surface area (TPSA) is 75.8 Å². The highest BCUT2D eigenvalue weighted by atomic mass is 19.4. The van der Waals surface area contributed by atoms with Crippen LogP contribution >= 0.6 is 0 Å². The Morgan fingerprint density at radius 1 is 1.05 bits per heavy atom. The fourth-order valence-electron chi connectivity index (χ4n) is 6.64. The Hall–Kier alpha value is -2.72. The number of hydrogen-bond donors (Lipinski definition) is 2. The van der Waals surface area contributed by atoms with Gasteiger partial charge in [-0.3, -0.25) is 4.79 Å². The van der Waals surface area contributed by atoms with Gasteiger partial charge in [0.05, 0.1) is 0 Å². The molecule has 0 aromatic heterocycles. The van der Waals surface area contributed by atoms with Crippen molar-refractivity contribution >= 4 is 11.6 Å². The maximum atomic E-state index is 13.7. The number of carbonyl (C=O) groups excluding carboxylic acids is 1. The number of alkyl halides is 5. The Morgan fingerprint density at radius 3 is 2.44 bits per heavy atom. The van der Waals surface area contributed by atoms with Gasteiger partial charge in [-0.15, -0.1) is 0 Å². The van der Waals surface area contributed by atoms with Crippen molar-refractivity contribution in [2.75, 3.05) is 11.4 Å². The smallest absolute Gasteiger partial charge is 0.417 e. The average molecular weight is 553 g/mol. The second-order valence-corrected chi connectivity index (χ2v) is 11.6. The molecule has 0 radical (unpaired) electrons. The molecular formula is C29H33F5N2O3. The average Bonchev–Trinajstić information content (AvgIpc) is 2.85. The first-order valence-electron chi connectivity index (χ1n) is 13.4. The van der Waals surface area contributed by atoms with Gasteiger partial charge >= 0.3 is 12.8 Å². The summed E-state index contributed by atoms with van der Waals surface area (Å²) in [5.41, 5.74) is 5.53. The van der Waals surface area contributed by atoms with E-state index in [1.807, 2.05) is 6.07 Å². The molecule has 3 atom stereocenters. The molecule has 0 spiro atoms. The molecule has 3 N–H and O–H groups in total. The van der Waals surface area contributed by atoms with Crippen molar-refractivity contribution in [2.24, 2.45) is 23.5 Å². The van der Waals surface area contributed by atoms with Gasteiger partial charge < -0.3 is 20.5 Å². The van der Waals surface area contributed by atoms with Crippen LogP contribution in [0.15, 0.2) is 48.5 Å². The van der Waals surface area contributed by atoms with Crippen LogP contribution < -0.4 is 15.4 Å². The Labute approximate surface area is 224 Å². The summed E-state index contributed by atoms with van der Waals surface area (Å²) in [6.45, 7) is -2.57. The summed E-state index contributed by atoms with van der Waals surface area (Å²) in [4.78, 5) is 15.3. The summed E-state index contributed by atoms with van der Waals surface area (Å²) < 4.78 is 69.3. The Balaban J connectivity index is 1.40. The van der Waals surface area contributed by atoms with Crippen molar-refractivity contribution < 1.29 is 36.6 Å². The maximum Gasteiger partial charge on any atom is 0.417 e. The zero-order chi connectivity index (χ0) is 28.0. The van der Waals surface area contributed by atoms with Gasteiger partial charge in [0, 0.05) is 23.7 Å². The van der Waals surface area contributed by atoms with Crippen LogP contribution in [0.1, 0.15) is 51.4 Å². The van der Waals surface area contributed by atoms with E-state index >= 15 is 0 Å². The van der Waals surface area contributed by atoms with Gasteiger partial charge in [-0.1, -0.05) is 30.7 Å².